The van der Waals surface area contributed by atoms with Gasteiger partial charge in [-0.2, -0.15) is 0 Å². The average molecular weight is 975 g/mol. The van der Waals surface area contributed by atoms with Crippen LogP contribution in [0, 0.1) is 5.92 Å². The lowest BCUT2D eigenvalue weighted by atomic mass is 9.93. The topological polar surface area (TPSA) is 255 Å². The van der Waals surface area contributed by atoms with E-state index in [9.17, 15) is 14.3 Å². The molecule has 0 spiro atoms. The van der Waals surface area contributed by atoms with E-state index in [0.29, 0.717) is 17.6 Å². The summed E-state index contributed by atoms with van der Waals surface area (Å²) in [6.45, 7) is 9.34. The molecule has 1 unspecified atom stereocenters. The lowest BCUT2D eigenvalue weighted by Crippen LogP contribution is -2.45. The number of methoxy groups -OCH3 is 1. The van der Waals surface area contributed by atoms with E-state index in [4.69, 9.17) is 39.5 Å². The lowest BCUT2D eigenvalue weighted by molar-refractivity contribution is -0.235. The van der Waals surface area contributed by atoms with Crippen LogP contribution in [-0.2, 0) is 37.4 Å². The Bertz CT molecular complexity index is 2220. The molecule has 4 aromatic rings. The first-order chi connectivity index (χ1) is 32.7. The third kappa shape index (κ3) is 14.1. The van der Waals surface area contributed by atoms with E-state index in [1.807, 2.05) is 13.8 Å². The zero-order valence-electron chi connectivity index (χ0n) is 40.7. The van der Waals surface area contributed by atoms with Crippen molar-refractivity contribution < 1.29 is 46.6 Å². The summed E-state index contributed by atoms with van der Waals surface area (Å²) >= 11 is 0. The third-order valence-electron chi connectivity index (χ3n) is 12.7. The Labute approximate surface area is 399 Å². The van der Waals surface area contributed by atoms with Crippen LogP contribution in [0.5, 0.6) is 0 Å². The molecule has 20 nitrogen and oxygen atoms in total. The summed E-state index contributed by atoms with van der Waals surface area (Å²) in [5.74, 6) is -0.567. The molecule has 22 heteroatoms. The number of anilines is 2. The number of nitrogens with zero attached hydrogens (tertiary/aromatic N) is 9. The van der Waals surface area contributed by atoms with Gasteiger partial charge in [-0.3, -0.25) is 18.5 Å². The minimum Gasteiger partial charge on any atom is -0.756 e. The lowest BCUT2D eigenvalue weighted by Gasteiger charge is -2.33. The van der Waals surface area contributed by atoms with E-state index in [-0.39, 0.29) is 60.9 Å². The van der Waals surface area contributed by atoms with Crippen molar-refractivity contribution in [3.8, 4) is 0 Å². The molecular formula is C46H74FN11O9P-. The monoisotopic (exact) mass is 975 g/mol. The van der Waals surface area contributed by atoms with Crippen molar-refractivity contribution >= 4 is 47.7 Å². The van der Waals surface area contributed by atoms with E-state index < -0.39 is 62.9 Å². The Hall–Kier alpha value is -3.95. The summed E-state index contributed by atoms with van der Waals surface area (Å²) in [7, 11) is -3.53. The Morgan fingerprint density at radius 3 is 1.79 bits per heavy atom. The van der Waals surface area contributed by atoms with Crippen molar-refractivity contribution in [1.29, 1.82) is 0 Å². The zero-order chi connectivity index (χ0) is 48.8. The summed E-state index contributed by atoms with van der Waals surface area (Å²) in [5, 5.41) is 0. The van der Waals surface area contributed by atoms with Gasteiger partial charge in [0.1, 0.15) is 42.0 Å². The highest BCUT2D eigenvalue weighted by atomic mass is 31.2. The zero-order valence-corrected chi connectivity index (χ0v) is 41.6. The molecule has 0 aliphatic carbocycles. The number of rotatable bonds is 30. The van der Waals surface area contributed by atoms with Crippen LogP contribution in [-0.4, -0.2) is 119 Å². The predicted molar refractivity (Wildman–Crippen MR) is 252 cm³/mol. The van der Waals surface area contributed by atoms with Gasteiger partial charge in [0.15, 0.2) is 41.6 Å². The molecule has 0 aromatic carbocycles. The fraction of sp³-hybridized carbons (Fsp3) is 0.761. The average Bonchev–Trinajstić information content (AvgIpc) is 4.07. The SMILES string of the molecule is CCCCCCCCCCCCCCCCCN(C[C@H]1O[C@@H](n2cnc3c(N)ncnc32)[C@H](F)[C@@H]1OP(=O)([O-])OC(C)C)C(=O)C[C@H]1[C@@H](OC)[C@H](n2cnc3c(N)ncnc32)O[C@@H]1COC(C)C. The Kier molecular flexibility index (Phi) is 20.2. The van der Waals surface area contributed by atoms with Gasteiger partial charge in [-0.1, -0.05) is 96.8 Å². The van der Waals surface area contributed by atoms with Crippen molar-refractivity contribution in [2.75, 3.05) is 38.3 Å². The largest absolute Gasteiger partial charge is 0.756 e. The van der Waals surface area contributed by atoms with E-state index in [2.05, 4.69) is 36.8 Å². The molecule has 2 aliphatic rings. The van der Waals surface area contributed by atoms with Crippen molar-refractivity contribution in [2.45, 2.75) is 193 Å². The molecule has 6 rings (SSSR count). The first-order valence-electron chi connectivity index (χ1n) is 24.6. The maximum absolute atomic E-state index is 16.9. The van der Waals surface area contributed by atoms with Crippen molar-refractivity contribution in [2.24, 2.45) is 5.92 Å². The minimum atomic E-state index is -5.08. The highest BCUT2D eigenvalue weighted by Gasteiger charge is 2.51. The van der Waals surface area contributed by atoms with Crippen LogP contribution in [0.4, 0.5) is 16.0 Å². The molecule has 0 radical (unpaired) electrons. The third-order valence-corrected chi connectivity index (χ3v) is 13.9. The quantitative estimate of drug-likeness (QED) is 0.0381. The summed E-state index contributed by atoms with van der Waals surface area (Å²) in [6.07, 6.45) is 13.5. The molecular weight excluding hydrogens is 901 g/mol. The number of fused-ring (bicyclic) bond motifs is 2. The predicted octanol–water partition coefficient (Wildman–Crippen LogP) is 7.39. The van der Waals surface area contributed by atoms with Crippen LogP contribution in [0.3, 0.4) is 0 Å². The Balaban J connectivity index is 1.20. The fourth-order valence-electron chi connectivity index (χ4n) is 9.27. The highest BCUT2D eigenvalue weighted by Crippen LogP contribution is 2.48. The molecule has 4 aromatic heterocycles. The number of alkyl halides is 1. The van der Waals surface area contributed by atoms with Crippen LogP contribution < -0.4 is 16.4 Å². The van der Waals surface area contributed by atoms with Crippen molar-refractivity contribution in [3.63, 3.8) is 0 Å². The highest BCUT2D eigenvalue weighted by molar-refractivity contribution is 7.45. The van der Waals surface area contributed by atoms with Gasteiger partial charge in [-0.15, -0.1) is 0 Å². The number of phosphoric acid groups is 1. The molecule has 2 saturated heterocycles. The number of aromatic nitrogens is 8. The fourth-order valence-corrected chi connectivity index (χ4v) is 10.4. The minimum absolute atomic E-state index is 0.0663. The molecule has 6 heterocycles. The van der Waals surface area contributed by atoms with Crippen LogP contribution in [0.15, 0.2) is 25.3 Å². The summed E-state index contributed by atoms with van der Waals surface area (Å²) in [5.41, 5.74) is 13.4. The van der Waals surface area contributed by atoms with Gasteiger partial charge in [0.2, 0.25) is 5.91 Å². The van der Waals surface area contributed by atoms with E-state index >= 15 is 4.39 Å². The molecule has 0 bridgehead atoms. The molecule has 2 aliphatic heterocycles. The number of hydrogen-bond donors (Lipinski definition) is 2. The molecule has 9 atom stereocenters. The summed E-state index contributed by atoms with van der Waals surface area (Å²) in [4.78, 5) is 55.2. The van der Waals surface area contributed by atoms with Crippen molar-refractivity contribution in [3.05, 3.63) is 25.3 Å². The number of unbranched alkanes of at least 4 members (excludes halogenated alkanes) is 14. The van der Waals surface area contributed by atoms with Crippen LogP contribution >= 0.6 is 7.82 Å². The smallest absolute Gasteiger partial charge is 0.268 e. The van der Waals surface area contributed by atoms with E-state index in [0.717, 1.165) is 25.7 Å². The van der Waals surface area contributed by atoms with Gasteiger partial charge in [-0.25, -0.2) is 34.3 Å². The van der Waals surface area contributed by atoms with E-state index in [1.54, 1.807) is 22.9 Å². The number of halogens is 1. The standard InChI is InChI=1S/C46H75FN11O9P/c1-7-8-9-10-11-12-13-14-15-16-17-18-19-20-21-22-56(24-33-40(67-68(60,61)66-31(4)5)36(47)45(64-33)57-28-54-37-41(48)50-26-52-43(37)57)35(59)23-32-34(25-63-30(2)3)65-46(39(32)62-6)58-29-55-38-42(49)51-27-53-44(38)58/h26-34,36,39-40,45-46H,7-25H2,1-6H3,(H,60,61)(H2,48,50,52)(H2,49,51,53)/p-1/t32-,33-,34-,36-,39-,40-,45-,46-/m1/s1. The van der Waals surface area contributed by atoms with Crippen molar-refractivity contribution in [1.82, 2.24) is 43.9 Å². The maximum Gasteiger partial charge on any atom is 0.268 e. The number of imidazole rings is 2. The second-order valence-electron chi connectivity index (χ2n) is 18.7. The molecule has 380 valence electrons. The first-order valence-corrected chi connectivity index (χ1v) is 26.1. The van der Waals surface area contributed by atoms with Gasteiger partial charge in [0, 0.05) is 32.5 Å². The Morgan fingerprint density at radius 2 is 1.28 bits per heavy atom. The van der Waals surface area contributed by atoms with Crippen LogP contribution in [0.1, 0.15) is 150 Å². The number of ether oxygens (including phenoxy) is 4. The normalized spacial score (nSPS) is 24.0. The number of nitrogens with two attached hydrogens (primary N) is 2. The van der Waals surface area contributed by atoms with Gasteiger partial charge in [0.25, 0.3) is 7.82 Å². The molecule has 0 saturated carbocycles. The van der Waals surface area contributed by atoms with Gasteiger partial charge in [-0.05, 0) is 34.1 Å². The second kappa shape index (κ2) is 25.8. The second-order valence-corrected chi connectivity index (χ2v) is 20.0. The Morgan fingerprint density at radius 1 is 0.765 bits per heavy atom. The number of phosphoric ester groups is 1. The maximum atomic E-state index is 16.9. The molecule has 68 heavy (non-hydrogen) atoms. The van der Waals surface area contributed by atoms with Crippen LogP contribution in [0.2, 0.25) is 0 Å². The molecule has 1 amide bonds. The van der Waals surface area contributed by atoms with Gasteiger partial charge < -0.3 is 49.3 Å². The number of hydrogen-bond acceptors (Lipinski definition) is 17. The van der Waals surface area contributed by atoms with Gasteiger partial charge >= 0.3 is 0 Å². The number of carbonyl (C=O) groups excluding carboxylic acids is 1. The molecule has 2 fully saturated rings. The van der Waals surface area contributed by atoms with Gasteiger partial charge in [0.05, 0.1) is 37.6 Å². The number of carbonyl (C=O) groups is 1. The first kappa shape index (κ1) is 53.4. The van der Waals surface area contributed by atoms with E-state index in [1.165, 1.54) is 102 Å². The summed E-state index contributed by atoms with van der Waals surface area (Å²) in [6, 6.07) is 0. The summed E-state index contributed by atoms with van der Waals surface area (Å²) < 4.78 is 69.0. The molecule has 4 N–H and O–H groups in total. The number of nitrogen functional groups attached to an aromatic ring is 2. The van der Waals surface area contributed by atoms with Crippen LogP contribution in [0.25, 0.3) is 22.3 Å². The number of amides is 1.